The molecule has 0 N–H and O–H groups in total. The third kappa shape index (κ3) is 2.12. The van der Waals surface area contributed by atoms with Crippen LogP contribution in [0.5, 0.6) is 0 Å². The molecule has 4 nitrogen and oxygen atoms in total. The Morgan fingerprint density at radius 2 is 2.29 bits per heavy atom. The van der Waals surface area contributed by atoms with Crippen LogP contribution < -0.4 is 0 Å². The highest BCUT2D eigenvalue weighted by Crippen LogP contribution is 2.20. The molecule has 4 heteroatoms. The highest BCUT2D eigenvalue weighted by atomic mass is 16.5. The molecule has 1 aliphatic heterocycles. The minimum absolute atomic E-state index is 0.00838. The van der Waals surface area contributed by atoms with Crippen LogP contribution in [-0.4, -0.2) is 42.9 Å². The van der Waals surface area contributed by atoms with Crippen LogP contribution in [0.4, 0.5) is 0 Å². The molecule has 2 atom stereocenters. The molecule has 0 bridgehead atoms. The topological polar surface area (TPSA) is 46.6 Å². The first-order chi connectivity index (χ1) is 6.57. The van der Waals surface area contributed by atoms with Gasteiger partial charge in [-0.05, 0) is 20.9 Å². The van der Waals surface area contributed by atoms with Crippen LogP contribution >= 0.6 is 0 Å². The molecule has 1 fully saturated rings. The maximum absolute atomic E-state index is 11.5. The zero-order valence-electron chi connectivity index (χ0n) is 8.95. The van der Waals surface area contributed by atoms with Crippen LogP contribution in [0.2, 0.25) is 0 Å². The van der Waals surface area contributed by atoms with Crippen LogP contribution in [0.15, 0.2) is 0 Å². The van der Waals surface area contributed by atoms with Gasteiger partial charge in [-0.1, -0.05) is 0 Å². The Morgan fingerprint density at radius 3 is 2.86 bits per heavy atom. The van der Waals surface area contributed by atoms with Crippen molar-refractivity contribution in [2.45, 2.75) is 26.3 Å². The van der Waals surface area contributed by atoms with E-state index in [2.05, 4.69) is 0 Å². The number of esters is 1. The number of piperidine rings is 1. The third-order valence-corrected chi connectivity index (χ3v) is 2.78. The van der Waals surface area contributed by atoms with Gasteiger partial charge in [0, 0.05) is 19.0 Å². The van der Waals surface area contributed by atoms with Gasteiger partial charge in [0.15, 0.2) is 0 Å². The van der Waals surface area contributed by atoms with E-state index in [4.69, 9.17) is 4.74 Å². The lowest BCUT2D eigenvalue weighted by Crippen LogP contribution is -2.49. The Bertz CT molecular complexity index is 240. The van der Waals surface area contributed by atoms with E-state index in [9.17, 15) is 9.59 Å². The summed E-state index contributed by atoms with van der Waals surface area (Å²) >= 11 is 0. The van der Waals surface area contributed by atoms with E-state index in [-0.39, 0.29) is 17.8 Å². The van der Waals surface area contributed by atoms with Crippen LogP contribution in [0.1, 0.15) is 20.3 Å². The first kappa shape index (κ1) is 11.2. The molecule has 1 saturated heterocycles. The predicted molar refractivity (Wildman–Crippen MR) is 51.8 cm³/mol. The zero-order valence-corrected chi connectivity index (χ0v) is 8.95. The number of hydrogen-bond donors (Lipinski definition) is 0. The zero-order chi connectivity index (χ0) is 10.7. The van der Waals surface area contributed by atoms with Crippen LogP contribution in [0.25, 0.3) is 0 Å². The normalized spacial score (nSPS) is 28.9. The molecule has 0 saturated carbocycles. The standard InChI is InChI=1S/C10H17NO3/c1-4-14-10(13)9-7(2)11(3)6-5-8(9)12/h7,9H,4-6H2,1-3H3. The van der Waals surface area contributed by atoms with Crippen molar-refractivity contribution in [2.75, 3.05) is 20.2 Å². The smallest absolute Gasteiger partial charge is 0.318 e. The molecule has 80 valence electrons. The fourth-order valence-corrected chi connectivity index (χ4v) is 1.73. The number of nitrogens with zero attached hydrogens (tertiary/aromatic N) is 1. The summed E-state index contributed by atoms with van der Waals surface area (Å²) in [5, 5.41) is 0. The first-order valence-corrected chi connectivity index (χ1v) is 4.97. The lowest BCUT2D eigenvalue weighted by molar-refractivity contribution is -0.156. The van der Waals surface area contributed by atoms with Gasteiger partial charge in [0.25, 0.3) is 0 Å². The van der Waals surface area contributed by atoms with Gasteiger partial charge in [0.1, 0.15) is 11.7 Å². The van der Waals surface area contributed by atoms with Gasteiger partial charge in [0.2, 0.25) is 0 Å². The SMILES string of the molecule is CCOC(=O)C1C(=O)CCN(C)C1C. The fraction of sp³-hybridized carbons (Fsp3) is 0.800. The van der Waals surface area contributed by atoms with E-state index in [1.807, 2.05) is 18.9 Å². The Balaban J connectivity index is 2.71. The molecular weight excluding hydrogens is 182 g/mol. The summed E-state index contributed by atoms with van der Waals surface area (Å²) in [6, 6.07) is -0.0460. The van der Waals surface area contributed by atoms with Gasteiger partial charge >= 0.3 is 5.97 Å². The number of carbonyl (C=O) groups excluding carboxylic acids is 2. The average Bonchev–Trinajstić information content (AvgIpc) is 2.13. The fourth-order valence-electron chi connectivity index (χ4n) is 1.73. The quantitative estimate of drug-likeness (QED) is 0.479. The van der Waals surface area contributed by atoms with Crippen molar-refractivity contribution in [1.29, 1.82) is 0 Å². The summed E-state index contributed by atoms with van der Waals surface area (Å²) in [5.74, 6) is -0.959. The molecule has 0 spiro atoms. The van der Waals surface area contributed by atoms with Crippen LogP contribution in [0.3, 0.4) is 0 Å². The molecule has 2 unspecified atom stereocenters. The van der Waals surface area contributed by atoms with Gasteiger partial charge in [-0.15, -0.1) is 0 Å². The second kappa shape index (κ2) is 4.55. The summed E-state index contributed by atoms with van der Waals surface area (Å²) in [5.41, 5.74) is 0. The summed E-state index contributed by atoms with van der Waals surface area (Å²) in [6.45, 7) is 4.70. The third-order valence-electron chi connectivity index (χ3n) is 2.78. The molecule has 0 aromatic carbocycles. The molecule has 0 aliphatic carbocycles. The number of rotatable bonds is 2. The number of Topliss-reactive ketones (excluding diaryl/α,β-unsaturated/α-hetero) is 1. The number of carbonyl (C=O) groups is 2. The molecule has 0 aromatic heterocycles. The highest BCUT2D eigenvalue weighted by molar-refractivity contribution is 6.00. The maximum Gasteiger partial charge on any atom is 0.318 e. The summed E-state index contributed by atoms with van der Waals surface area (Å²) < 4.78 is 4.88. The summed E-state index contributed by atoms with van der Waals surface area (Å²) in [7, 11) is 1.92. The second-order valence-corrected chi connectivity index (χ2v) is 3.67. The van der Waals surface area contributed by atoms with E-state index in [0.29, 0.717) is 13.0 Å². The molecule has 0 aromatic rings. The van der Waals surface area contributed by atoms with E-state index in [1.54, 1.807) is 6.92 Å². The van der Waals surface area contributed by atoms with Crippen molar-refractivity contribution in [1.82, 2.24) is 4.90 Å². The second-order valence-electron chi connectivity index (χ2n) is 3.67. The number of hydrogen-bond acceptors (Lipinski definition) is 4. The minimum atomic E-state index is -0.589. The molecule has 1 rings (SSSR count). The van der Waals surface area contributed by atoms with Gasteiger partial charge in [0.05, 0.1) is 6.61 Å². The minimum Gasteiger partial charge on any atom is -0.465 e. The average molecular weight is 199 g/mol. The van der Waals surface area contributed by atoms with Gasteiger partial charge in [-0.3, -0.25) is 9.59 Å². The van der Waals surface area contributed by atoms with E-state index >= 15 is 0 Å². The number of ether oxygens (including phenoxy) is 1. The van der Waals surface area contributed by atoms with Crippen LogP contribution in [0, 0.1) is 5.92 Å². The summed E-state index contributed by atoms with van der Waals surface area (Å²) in [4.78, 5) is 25.1. The van der Waals surface area contributed by atoms with E-state index in [1.165, 1.54) is 0 Å². The molecule has 1 aliphatic rings. The lowest BCUT2D eigenvalue weighted by atomic mass is 9.89. The van der Waals surface area contributed by atoms with E-state index < -0.39 is 5.92 Å². The summed E-state index contributed by atoms with van der Waals surface area (Å²) in [6.07, 6.45) is 0.449. The number of ketones is 1. The van der Waals surface area contributed by atoms with Crippen molar-refractivity contribution in [2.24, 2.45) is 5.92 Å². The highest BCUT2D eigenvalue weighted by Gasteiger charge is 2.38. The van der Waals surface area contributed by atoms with Crippen molar-refractivity contribution in [3.05, 3.63) is 0 Å². The van der Waals surface area contributed by atoms with Gasteiger partial charge in [-0.2, -0.15) is 0 Å². The van der Waals surface area contributed by atoms with Crippen molar-refractivity contribution in [3.8, 4) is 0 Å². The first-order valence-electron chi connectivity index (χ1n) is 4.97. The largest absolute Gasteiger partial charge is 0.465 e. The van der Waals surface area contributed by atoms with Gasteiger partial charge in [-0.25, -0.2) is 0 Å². The van der Waals surface area contributed by atoms with E-state index in [0.717, 1.165) is 6.54 Å². The molecule has 0 radical (unpaired) electrons. The molecular formula is C10H17NO3. The maximum atomic E-state index is 11.5. The number of likely N-dealkylation sites (tertiary alicyclic amines) is 1. The van der Waals surface area contributed by atoms with Crippen molar-refractivity contribution in [3.63, 3.8) is 0 Å². The van der Waals surface area contributed by atoms with Crippen LogP contribution in [-0.2, 0) is 14.3 Å². The Kier molecular flexibility index (Phi) is 3.63. The Morgan fingerprint density at radius 1 is 1.64 bits per heavy atom. The predicted octanol–water partition coefficient (Wildman–Crippen LogP) is 0.459. The Hall–Kier alpha value is -0.900. The lowest BCUT2D eigenvalue weighted by Gasteiger charge is -2.34. The molecule has 1 heterocycles. The monoisotopic (exact) mass is 199 g/mol. The molecule has 0 amide bonds. The van der Waals surface area contributed by atoms with Crippen molar-refractivity contribution >= 4 is 11.8 Å². The Labute approximate surface area is 84.2 Å². The molecule has 14 heavy (non-hydrogen) atoms. The van der Waals surface area contributed by atoms with Crippen molar-refractivity contribution < 1.29 is 14.3 Å². The van der Waals surface area contributed by atoms with Gasteiger partial charge < -0.3 is 9.64 Å².